The second-order valence-corrected chi connectivity index (χ2v) is 4.99. The van der Waals surface area contributed by atoms with Gasteiger partial charge in [-0.3, -0.25) is 4.79 Å². The number of nitrogens with one attached hydrogen (secondary N) is 1. The second-order valence-electron chi connectivity index (χ2n) is 4.14. The van der Waals surface area contributed by atoms with Gasteiger partial charge in [0.2, 0.25) is 5.91 Å². The highest BCUT2D eigenvalue weighted by molar-refractivity contribution is 9.10. The van der Waals surface area contributed by atoms with E-state index < -0.39 is 5.54 Å². The zero-order valence-corrected chi connectivity index (χ0v) is 10.8. The van der Waals surface area contributed by atoms with E-state index >= 15 is 0 Å². The average molecular weight is 289 g/mol. The summed E-state index contributed by atoms with van der Waals surface area (Å²) in [7, 11) is 0. The summed E-state index contributed by atoms with van der Waals surface area (Å²) < 4.78 is 13.4. The zero-order chi connectivity index (χ0) is 12.3. The quantitative estimate of drug-likeness (QED) is 0.893. The molecule has 16 heavy (non-hydrogen) atoms. The van der Waals surface area contributed by atoms with E-state index in [1.165, 1.54) is 12.1 Å². The van der Waals surface area contributed by atoms with E-state index in [4.69, 9.17) is 5.73 Å². The van der Waals surface area contributed by atoms with E-state index in [9.17, 15) is 9.18 Å². The molecule has 0 bridgehead atoms. The molecule has 0 unspecified atom stereocenters. The Balaban J connectivity index is 2.65. The fraction of sp³-hybridized carbons (Fsp3) is 0.364. The van der Waals surface area contributed by atoms with Crippen LogP contribution in [-0.4, -0.2) is 11.4 Å². The first-order valence-electron chi connectivity index (χ1n) is 4.82. The Hall–Kier alpha value is -0.940. The van der Waals surface area contributed by atoms with Gasteiger partial charge in [0, 0.05) is 11.0 Å². The van der Waals surface area contributed by atoms with Gasteiger partial charge in [0.1, 0.15) is 5.82 Å². The van der Waals surface area contributed by atoms with Crippen LogP contribution in [0.15, 0.2) is 22.7 Å². The third-order valence-corrected chi connectivity index (χ3v) is 2.78. The van der Waals surface area contributed by atoms with Gasteiger partial charge >= 0.3 is 0 Å². The van der Waals surface area contributed by atoms with Crippen molar-refractivity contribution in [3.05, 3.63) is 34.1 Å². The minimum atomic E-state index is -0.910. The normalized spacial score (nSPS) is 11.3. The predicted octanol–water partition coefficient (Wildman–Crippen LogP) is 1.94. The highest BCUT2D eigenvalue weighted by atomic mass is 79.9. The average Bonchev–Trinajstić information content (AvgIpc) is 2.14. The van der Waals surface area contributed by atoms with Crippen LogP contribution < -0.4 is 11.1 Å². The Morgan fingerprint density at radius 3 is 2.69 bits per heavy atom. The van der Waals surface area contributed by atoms with Crippen molar-refractivity contribution in [2.45, 2.75) is 25.9 Å². The molecule has 0 aliphatic rings. The molecular weight excluding hydrogens is 275 g/mol. The number of nitrogens with two attached hydrogens (primary N) is 1. The highest BCUT2D eigenvalue weighted by Gasteiger charge is 2.21. The maximum atomic E-state index is 12.8. The van der Waals surface area contributed by atoms with Crippen LogP contribution in [0.3, 0.4) is 0 Å². The van der Waals surface area contributed by atoms with Crippen LogP contribution in [0.5, 0.6) is 0 Å². The van der Waals surface area contributed by atoms with Gasteiger partial charge in [-0.05, 0) is 31.5 Å². The summed E-state index contributed by atoms with van der Waals surface area (Å²) in [5.74, 6) is -0.565. The van der Waals surface area contributed by atoms with E-state index in [-0.39, 0.29) is 11.7 Å². The molecular formula is C11H14BrFN2O. The number of rotatable bonds is 3. The lowest BCUT2D eigenvalue weighted by Crippen LogP contribution is -2.48. The lowest BCUT2D eigenvalue weighted by Gasteiger charge is -2.18. The van der Waals surface area contributed by atoms with Crippen molar-refractivity contribution < 1.29 is 9.18 Å². The van der Waals surface area contributed by atoms with E-state index in [0.717, 1.165) is 5.56 Å². The number of amides is 1. The van der Waals surface area contributed by atoms with Crippen LogP contribution in [0, 0.1) is 5.82 Å². The van der Waals surface area contributed by atoms with Gasteiger partial charge in [0.25, 0.3) is 0 Å². The molecule has 1 aromatic carbocycles. The summed E-state index contributed by atoms with van der Waals surface area (Å²) in [6, 6.07) is 4.32. The lowest BCUT2D eigenvalue weighted by molar-refractivity contribution is -0.125. The lowest BCUT2D eigenvalue weighted by atomic mass is 10.1. The molecule has 3 N–H and O–H groups in total. The molecule has 0 spiro atoms. The van der Waals surface area contributed by atoms with E-state index in [0.29, 0.717) is 11.0 Å². The molecule has 88 valence electrons. The van der Waals surface area contributed by atoms with Gasteiger partial charge in [-0.25, -0.2) is 4.39 Å². The zero-order valence-electron chi connectivity index (χ0n) is 9.18. The third-order valence-electron chi connectivity index (χ3n) is 2.04. The topological polar surface area (TPSA) is 55.1 Å². The van der Waals surface area contributed by atoms with Crippen LogP contribution >= 0.6 is 15.9 Å². The molecule has 0 radical (unpaired) electrons. The number of carbonyl (C=O) groups is 1. The van der Waals surface area contributed by atoms with Gasteiger partial charge in [0.05, 0.1) is 5.54 Å². The van der Waals surface area contributed by atoms with Crippen molar-refractivity contribution in [1.82, 2.24) is 5.32 Å². The minimum Gasteiger partial charge on any atom is -0.350 e. The molecule has 0 heterocycles. The molecule has 5 heteroatoms. The van der Waals surface area contributed by atoms with Gasteiger partial charge in [-0.2, -0.15) is 0 Å². The molecule has 0 saturated carbocycles. The van der Waals surface area contributed by atoms with Crippen molar-refractivity contribution in [3.8, 4) is 0 Å². The summed E-state index contributed by atoms with van der Waals surface area (Å²) >= 11 is 3.23. The smallest absolute Gasteiger partial charge is 0.239 e. The second kappa shape index (κ2) is 4.93. The Labute approximate surface area is 102 Å². The summed E-state index contributed by atoms with van der Waals surface area (Å²) in [6.07, 6.45) is 0. The Morgan fingerprint density at radius 2 is 2.19 bits per heavy atom. The van der Waals surface area contributed by atoms with Crippen LogP contribution in [0.1, 0.15) is 19.4 Å². The maximum Gasteiger partial charge on any atom is 0.239 e. The summed E-state index contributed by atoms with van der Waals surface area (Å²) in [5.41, 5.74) is 5.52. The molecule has 0 fully saturated rings. The van der Waals surface area contributed by atoms with E-state index in [2.05, 4.69) is 21.2 Å². The van der Waals surface area contributed by atoms with Crippen molar-refractivity contribution in [2.24, 2.45) is 5.73 Å². The Kier molecular flexibility index (Phi) is 4.04. The Morgan fingerprint density at radius 1 is 1.56 bits per heavy atom. The van der Waals surface area contributed by atoms with Gasteiger partial charge in [-0.1, -0.05) is 22.0 Å². The van der Waals surface area contributed by atoms with E-state index in [1.54, 1.807) is 19.9 Å². The maximum absolute atomic E-state index is 12.8. The first kappa shape index (κ1) is 13.1. The predicted molar refractivity (Wildman–Crippen MR) is 64.2 cm³/mol. The summed E-state index contributed by atoms with van der Waals surface area (Å²) in [4.78, 5) is 11.5. The molecule has 3 nitrogen and oxygen atoms in total. The van der Waals surface area contributed by atoms with Crippen LogP contribution in [0.25, 0.3) is 0 Å². The standard InChI is InChI=1S/C11H14BrFN2O/c1-11(2,14)10(16)15-6-7-3-4-8(13)5-9(7)12/h3-5H,6,14H2,1-2H3,(H,15,16). The van der Waals surface area contributed by atoms with Gasteiger partial charge in [-0.15, -0.1) is 0 Å². The molecule has 1 amide bonds. The van der Waals surface area contributed by atoms with Crippen LogP contribution in [-0.2, 0) is 11.3 Å². The fourth-order valence-corrected chi connectivity index (χ4v) is 1.56. The first-order valence-corrected chi connectivity index (χ1v) is 5.61. The number of hydrogen-bond acceptors (Lipinski definition) is 2. The van der Waals surface area contributed by atoms with Crippen molar-refractivity contribution in [2.75, 3.05) is 0 Å². The molecule has 1 rings (SSSR count). The van der Waals surface area contributed by atoms with Crippen LogP contribution in [0.2, 0.25) is 0 Å². The summed E-state index contributed by atoms with van der Waals surface area (Å²) in [5, 5.41) is 2.68. The fourth-order valence-electron chi connectivity index (χ4n) is 1.07. The molecule has 0 atom stereocenters. The van der Waals surface area contributed by atoms with Crippen LogP contribution in [0.4, 0.5) is 4.39 Å². The minimum absolute atomic E-state index is 0.247. The molecule has 0 aliphatic heterocycles. The SMILES string of the molecule is CC(C)(N)C(=O)NCc1ccc(F)cc1Br. The molecule has 1 aromatic rings. The number of halogens is 2. The third kappa shape index (κ3) is 3.57. The number of carbonyl (C=O) groups excluding carboxylic acids is 1. The van der Waals surface area contributed by atoms with Crippen molar-refractivity contribution in [3.63, 3.8) is 0 Å². The van der Waals surface area contributed by atoms with Gasteiger partial charge in [0.15, 0.2) is 0 Å². The Bertz CT molecular complexity index is 401. The molecule has 0 aromatic heterocycles. The van der Waals surface area contributed by atoms with E-state index in [1.807, 2.05) is 0 Å². The first-order chi connectivity index (χ1) is 7.30. The highest BCUT2D eigenvalue weighted by Crippen LogP contribution is 2.17. The summed E-state index contributed by atoms with van der Waals surface area (Å²) in [6.45, 7) is 3.57. The monoisotopic (exact) mass is 288 g/mol. The number of benzene rings is 1. The number of hydrogen-bond donors (Lipinski definition) is 2. The van der Waals surface area contributed by atoms with Crippen molar-refractivity contribution in [1.29, 1.82) is 0 Å². The molecule has 0 saturated heterocycles. The largest absolute Gasteiger partial charge is 0.350 e. The molecule has 0 aliphatic carbocycles. The van der Waals surface area contributed by atoms with Gasteiger partial charge < -0.3 is 11.1 Å². The van der Waals surface area contributed by atoms with Crippen molar-refractivity contribution >= 4 is 21.8 Å².